The number of nitrogen functional groups attached to an aromatic ring is 1. The third-order valence-corrected chi connectivity index (χ3v) is 3.91. The Kier molecular flexibility index (Phi) is 4.52. The molecule has 21 heavy (non-hydrogen) atoms. The lowest BCUT2D eigenvalue weighted by Gasteiger charge is -2.23. The summed E-state index contributed by atoms with van der Waals surface area (Å²) in [6.07, 6.45) is 5.48. The number of rotatable bonds is 4. The zero-order chi connectivity index (χ0) is 14.7. The standard InChI is InChI=1S/C14H21N3O4/c15-12-4-5-17(14(18)16-12)10-7-11(20-8-10)9-21-13-3-1-2-6-19-13/h4-5,10-11,13H,1-3,6-9H2,(H2,15,16,18). The number of nitrogens with zero attached hydrogens (tertiary/aromatic N) is 2. The minimum Gasteiger partial charge on any atom is -0.383 e. The van der Waals surface area contributed by atoms with Crippen LogP contribution in [-0.2, 0) is 14.2 Å². The summed E-state index contributed by atoms with van der Waals surface area (Å²) >= 11 is 0. The molecule has 0 bridgehead atoms. The maximum Gasteiger partial charge on any atom is 0.349 e. The number of hydrogen-bond donors (Lipinski definition) is 1. The van der Waals surface area contributed by atoms with Crippen LogP contribution < -0.4 is 11.4 Å². The number of nitrogens with two attached hydrogens (primary N) is 1. The van der Waals surface area contributed by atoms with E-state index in [1.54, 1.807) is 16.8 Å². The van der Waals surface area contributed by atoms with Crippen LogP contribution in [0.2, 0.25) is 0 Å². The highest BCUT2D eigenvalue weighted by Gasteiger charge is 2.28. The van der Waals surface area contributed by atoms with Gasteiger partial charge in [-0.15, -0.1) is 0 Å². The van der Waals surface area contributed by atoms with Crippen molar-refractivity contribution in [2.24, 2.45) is 0 Å². The summed E-state index contributed by atoms with van der Waals surface area (Å²) in [4.78, 5) is 15.5. The minimum atomic E-state index is -0.333. The fraction of sp³-hybridized carbons (Fsp3) is 0.714. The van der Waals surface area contributed by atoms with Gasteiger partial charge >= 0.3 is 5.69 Å². The predicted octanol–water partition coefficient (Wildman–Crippen LogP) is 0.699. The van der Waals surface area contributed by atoms with Gasteiger partial charge in [0.25, 0.3) is 0 Å². The molecule has 2 aliphatic rings. The van der Waals surface area contributed by atoms with E-state index in [0.717, 1.165) is 32.3 Å². The van der Waals surface area contributed by atoms with Crippen LogP contribution in [0.15, 0.2) is 17.1 Å². The SMILES string of the molecule is Nc1ccn(C2COC(COC3CCCCO3)C2)c(=O)n1. The first kappa shape index (κ1) is 14.5. The molecule has 0 spiro atoms. The Morgan fingerprint density at radius 3 is 3.10 bits per heavy atom. The van der Waals surface area contributed by atoms with E-state index in [0.29, 0.717) is 13.2 Å². The van der Waals surface area contributed by atoms with E-state index in [1.165, 1.54) is 0 Å². The normalized spacial score (nSPS) is 29.6. The zero-order valence-electron chi connectivity index (χ0n) is 11.9. The topological polar surface area (TPSA) is 88.6 Å². The predicted molar refractivity (Wildman–Crippen MR) is 75.8 cm³/mol. The first-order valence-electron chi connectivity index (χ1n) is 7.42. The molecule has 0 amide bonds. The van der Waals surface area contributed by atoms with Gasteiger partial charge in [0.1, 0.15) is 5.82 Å². The molecule has 2 aliphatic heterocycles. The summed E-state index contributed by atoms with van der Waals surface area (Å²) in [5.74, 6) is 0.240. The fourth-order valence-electron chi connectivity index (χ4n) is 2.76. The molecule has 0 aromatic carbocycles. The smallest absolute Gasteiger partial charge is 0.349 e. The van der Waals surface area contributed by atoms with E-state index >= 15 is 0 Å². The molecule has 7 nitrogen and oxygen atoms in total. The lowest BCUT2D eigenvalue weighted by Crippen LogP contribution is -2.28. The summed E-state index contributed by atoms with van der Waals surface area (Å²) in [6, 6.07) is 1.62. The summed E-state index contributed by atoms with van der Waals surface area (Å²) in [5, 5.41) is 0. The van der Waals surface area contributed by atoms with E-state index in [1.807, 2.05) is 0 Å². The van der Waals surface area contributed by atoms with Crippen LogP contribution in [0.25, 0.3) is 0 Å². The monoisotopic (exact) mass is 295 g/mol. The molecule has 3 rings (SSSR count). The van der Waals surface area contributed by atoms with Crippen LogP contribution in [0.5, 0.6) is 0 Å². The van der Waals surface area contributed by atoms with Gasteiger partial charge in [-0.3, -0.25) is 4.57 Å². The van der Waals surface area contributed by atoms with Gasteiger partial charge in [-0.2, -0.15) is 4.98 Å². The maximum absolute atomic E-state index is 11.8. The first-order chi connectivity index (χ1) is 10.2. The second-order valence-corrected chi connectivity index (χ2v) is 5.52. The van der Waals surface area contributed by atoms with Crippen LogP contribution in [0, 0.1) is 0 Å². The lowest BCUT2D eigenvalue weighted by atomic mass is 10.2. The van der Waals surface area contributed by atoms with E-state index < -0.39 is 0 Å². The molecule has 2 fully saturated rings. The molecule has 7 heteroatoms. The Hall–Kier alpha value is -1.44. The Morgan fingerprint density at radius 1 is 1.43 bits per heavy atom. The average Bonchev–Trinajstić information content (AvgIpc) is 2.95. The average molecular weight is 295 g/mol. The van der Waals surface area contributed by atoms with Gasteiger partial charge in [0.15, 0.2) is 6.29 Å². The van der Waals surface area contributed by atoms with E-state index in [9.17, 15) is 4.79 Å². The van der Waals surface area contributed by atoms with Crippen LogP contribution in [0.1, 0.15) is 31.7 Å². The van der Waals surface area contributed by atoms with Crippen molar-refractivity contribution in [1.29, 1.82) is 0 Å². The van der Waals surface area contributed by atoms with Crippen LogP contribution in [0.3, 0.4) is 0 Å². The lowest BCUT2D eigenvalue weighted by molar-refractivity contribution is -0.175. The molecule has 2 N–H and O–H groups in total. The van der Waals surface area contributed by atoms with Crippen LogP contribution in [0.4, 0.5) is 5.82 Å². The van der Waals surface area contributed by atoms with Gasteiger partial charge in [-0.05, 0) is 31.7 Å². The highest BCUT2D eigenvalue weighted by atomic mass is 16.7. The number of anilines is 1. The Bertz CT molecular complexity index is 527. The third kappa shape index (κ3) is 3.61. The van der Waals surface area contributed by atoms with Crippen molar-refractivity contribution in [3.63, 3.8) is 0 Å². The minimum absolute atomic E-state index is 0.00789. The number of aromatic nitrogens is 2. The molecule has 3 atom stereocenters. The van der Waals surface area contributed by atoms with Gasteiger partial charge in [0.05, 0.1) is 25.4 Å². The molecule has 3 heterocycles. The highest BCUT2D eigenvalue weighted by molar-refractivity contribution is 5.23. The van der Waals surface area contributed by atoms with Crippen molar-refractivity contribution in [2.45, 2.75) is 44.1 Å². The second-order valence-electron chi connectivity index (χ2n) is 5.52. The quantitative estimate of drug-likeness (QED) is 0.879. The Morgan fingerprint density at radius 2 is 2.33 bits per heavy atom. The van der Waals surface area contributed by atoms with E-state index in [-0.39, 0.29) is 29.9 Å². The van der Waals surface area contributed by atoms with Gasteiger partial charge in [-0.25, -0.2) is 4.79 Å². The zero-order valence-corrected chi connectivity index (χ0v) is 11.9. The second kappa shape index (κ2) is 6.55. The van der Waals surface area contributed by atoms with E-state index in [4.69, 9.17) is 19.9 Å². The largest absolute Gasteiger partial charge is 0.383 e. The van der Waals surface area contributed by atoms with Crippen molar-refractivity contribution < 1.29 is 14.2 Å². The molecule has 2 saturated heterocycles. The van der Waals surface area contributed by atoms with Gasteiger partial charge in [0, 0.05) is 12.8 Å². The summed E-state index contributed by atoms with van der Waals surface area (Å²) in [6.45, 7) is 1.76. The fourth-order valence-corrected chi connectivity index (χ4v) is 2.76. The first-order valence-corrected chi connectivity index (χ1v) is 7.42. The van der Waals surface area contributed by atoms with Crippen molar-refractivity contribution in [1.82, 2.24) is 9.55 Å². The Labute approximate surface area is 123 Å². The summed E-state index contributed by atoms with van der Waals surface area (Å²) < 4.78 is 18.5. The Balaban J connectivity index is 1.51. The molecule has 0 radical (unpaired) electrons. The molecular formula is C14H21N3O4. The highest BCUT2D eigenvalue weighted by Crippen LogP contribution is 2.24. The molecule has 3 unspecified atom stereocenters. The van der Waals surface area contributed by atoms with Crippen LogP contribution >= 0.6 is 0 Å². The van der Waals surface area contributed by atoms with Gasteiger partial charge < -0.3 is 19.9 Å². The number of hydrogen-bond acceptors (Lipinski definition) is 6. The maximum atomic E-state index is 11.8. The van der Waals surface area contributed by atoms with E-state index in [2.05, 4.69) is 4.98 Å². The van der Waals surface area contributed by atoms with Crippen molar-refractivity contribution in [3.8, 4) is 0 Å². The molecule has 1 aromatic rings. The van der Waals surface area contributed by atoms with Crippen LogP contribution in [-0.4, -0.2) is 41.8 Å². The van der Waals surface area contributed by atoms with Crippen molar-refractivity contribution in [3.05, 3.63) is 22.7 Å². The van der Waals surface area contributed by atoms with Gasteiger partial charge in [-0.1, -0.05) is 0 Å². The molecule has 0 saturated carbocycles. The van der Waals surface area contributed by atoms with Gasteiger partial charge in [0.2, 0.25) is 0 Å². The summed E-state index contributed by atoms with van der Waals surface area (Å²) in [7, 11) is 0. The third-order valence-electron chi connectivity index (χ3n) is 3.91. The van der Waals surface area contributed by atoms with Crippen molar-refractivity contribution in [2.75, 3.05) is 25.6 Å². The molecular weight excluding hydrogens is 274 g/mol. The molecule has 116 valence electrons. The summed E-state index contributed by atoms with van der Waals surface area (Å²) in [5.41, 5.74) is 5.16. The molecule has 0 aliphatic carbocycles. The van der Waals surface area contributed by atoms with Crippen molar-refractivity contribution >= 4 is 5.82 Å². The molecule has 1 aromatic heterocycles. The number of ether oxygens (including phenoxy) is 3.